The summed E-state index contributed by atoms with van der Waals surface area (Å²) >= 11 is 0. The molecule has 0 spiro atoms. The highest BCUT2D eigenvalue weighted by atomic mass is 19.4. The molecular formula is C39H43F4N5O6. The Morgan fingerprint density at radius 1 is 0.870 bits per heavy atom. The normalized spacial score (nSPS) is 14.4. The van der Waals surface area contributed by atoms with E-state index >= 15 is 4.39 Å². The lowest BCUT2D eigenvalue weighted by atomic mass is 10.1. The Balaban J connectivity index is 1.56. The summed E-state index contributed by atoms with van der Waals surface area (Å²) in [6.45, 7) is 7.27. The highest BCUT2D eigenvalue weighted by Gasteiger charge is 2.35. The zero-order chi connectivity index (χ0) is 39.4. The predicted molar refractivity (Wildman–Crippen MR) is 194 cm³/mol. The van der Waals surface area contributed by atoms with Gasteiger partial charge in [-0.25, -0.2) is 18.8 Å². The molecule has 1 aromatic heterocycles. The highest BCUT2D eigenvalue weighted by molar-refractivity contribution is 5.89. The van der Waals surface area contributed by atoms with Crippen LogP contribution in [0.3, 0.4) is 0 Å². The number of methoxy groups -OCH3 is 1. The average molecular weight is 754 g/mol. The van der Waals surface area contributed by atoms with Gasteiger partial charge in [0.1, 0.15) is 17.1 Å². The number of alkyl carbamates (subject to hydrolysis) is 1. The summed E-state index contributed by atoms with van der Waals surface area (Å²) < 4.78 is 69.7. The first kappa shape index (κ1) is 39.8. The number of rotatable bonds is 10. The van der Waals surface area contributed by atoms with Crippen molar-refractivity contribution in [2.45, 2.75) is 65.1 Å². The summed E-state index contributed by atoms with van der Waals surface area (Å²) in [4.78, 5) is 57.6. The number of nitrogens with one attached hydrogen (secondary N) is 1. The first-order valence-electron chi connectivity index (χ1n) is 17.3. The van der Waals surface area contributed by atoms with Gasteiger partial charge in [-0.05, 0) is 63.1 Å². The molecule has 1 unspecified atom stereocenters. The number of hydrogen-bond donors (Lipinski definition) is 1. The maximum atomic E-state index is 15.2. The smallest absolute Gasteiger partial charge is 0.416 e. The van der Waals surface area contributed by atoms with Crippen LogP contribution in [-0.2, 0) is 35.3 Å². The molecule has 3 aromatic carbocycles. The Hall–Kier alpha value is -5.44. The molecule has 0 aliphatic carbocycles. The molecule has 1 fully saturated rings. The van der Waals surface area contributed by atoms with Crippen molar-refractivity contribution in [1.29, 1.82) is 0 Å². The molecular weight excluding hydrogens is 710 g/mol. The second-order valence-electron chi connectivity index (χ2n) is 14.0. The first-order valence-corrected chi connectivity index (χ1v) is 17.3. The van der Waals surface area contributed by atoms with Gasteiger partial charge in [0, 0.05) is 44.0 Å². The number of carbonyl (C=O) groups excluding carboxylic acids is 2. The second kappa shape index (κ2) is 16.3. The lowest BCUT2D eigenvalue weighted by Gasteiger charge is -2.37. The number of amides is 1. The number of benzene rings is 3. The minimum atomic E-state index is -4.92. The largest absolute Gasteiger partial charge is 0.465 e. The molecule has 1 aliphatic heterocycles. The standard InChI is InChI=1S/C39H43F4N5O6/c1-25-33(46-19-17-45(18-20-46)22-26-11-9-14-28(21-26)35(50)53-5)34(49)48(24-32(27-12-7-6-8-13-27)44-36(51)54-38(2,3)4)37(52)47(25)23-29-30(39(41,42)43)15-10-16-31(29)40/h6-16,21,32H,17-20,22-24H2,1-5H3,(H,44,51). The van der Waals surface area contributed by atoms with Crippen molar-refractivity contribution < 1.29 is 36.6 Å². The predicted octanol–water partition coefficient (Wildman–Crippen LogP) is 5.90. The Morgan fingerprint density at radius 2 is 1.54 bits per heavy atom. The third-order valence-electron chi connectivity index (χ3n) is 9.10. The number of alkyl halides is 3. The Morgan fingerprint density at radius 3 is 2.17 bits per heavy atom. The maximum absolute atomic E-state index is 15.2. The third kappa shape index (κ3) is 9.37. The van der Waals surface area contributed by atoms with Crippen molar-refractivity contribution in [3.63, 3.8) is 0 Å². The van der Waals surface area contributed by atoms with Crippen molar-refractivity contribution in [2.24, 2.45) is 0 Å². The summed E-state index contributed by atoms with van der Waals surface area (Å²) in [7, 11) is 1.30. The second-order valence-corrected chi connectivity index (χ2v) is 14.0. The van der Waals surface area contributed by atoms with Gasteiger partial charge < -0.3 is 19.7 Å². The van der Waals surface area contributed by atoms with E-state index in [1.165, 1.54) is 14.0 Å². The average Bonchev–Trinajstić information content (AvgIpc) is 3.11. The van der Waals surface area contributed by atoms with Gasteiger partial charge >= 0.3 is 23.9 Å². The van der Waals surface area contributed by atoms with Crippen LogP contribution in [-0.4, -0.2) is 65.0 Å². The van der Waals surface area contributed by atoms with Crippen molar-refractivity contribution in [3.8, 4) is 0 Å². The van der Waals surface area contributed by atoms with E-state index in [1.807, 2.05) is 6.07 Å². The first-order chi connectivity index (χ1) is 25.5. The zero-order valence-electron chi connectivity index (χ0n) is 30.7. The molecule has 54 heavy (non-hydrogen) atoms. The Kier molecular flexibility index (Phi) is 12.0. The molecule has 15 heteroatoms. The number of nitrogens with zero attached hydrogens (tertiary/aromatic N) is 4. The van der Waals surface area contributed by atoms with Crippen LogP contribution in [0.4, 0.5) is 28.0 Å². The van der Waals surface area contributed by atoms with Crippen LogP contribution in [0, 0.1) is 12.7 Å². The molecule has 1 N–H and O–H groups in total. The van der Waals surface area contributed by atoms with Crippen LogP contribution in [0.1, 0.15) is 65.1 Å². The fourth-order valence-electron chi connectivity index (χ4n) is 6.50. The van der Waals surface area contributed by atoms with Gasteiger partial charge in [0.2, 0.25) is 0 Å². The molecule has 4 aromatic rings. The zero-order valence-corrected chi connectivity index (χ0v) is 30.7. The summed E-state index contributed by atoms with van der Waals surface area (Å²) in [6.07, 6.45) is -5.74. The van der Waals surface area contributed by atoms with Gasteiger partial charge in [-0.2, -0.15) is 13.2 Å². The lowest BCUT2D eigenvalue weighted by molar-refractivity contribution is -0.138. The van der Waals surface area contributed by atoms with Crippen LogP contribution < -0.4 is 21.5 Å². The van der Waals surface area contributed by atoms with E-state index in [1.54, 1.807) is 74.2 Å². The van der Waals surface area contributed by atoms with Gasteiger partial charge in [-0.15, -0.1) is 0 Å². The van der Waals surface area contributed by atoms with Crippen LogP contribution in [0.15, 0.2) is 82.4 Å². The number of anilines is 1. The van der Waals surface area contributed by atoms with E-state index < -0.39 is 71.2 Å². The van der Waals surface area contributed by atoms with Gasteiger partial charge in [0.15, 0.2) is 0 Å². The number of ether oxygens (including phenoxy) is 2. The summed E-state index contributed by atoms with van der Waals surface area (Å²) in [5.41, 5.74) is -2.62. The number of hydrogen-bond acceptors (Lipinski definition) is 8. The monoisotopic (exact) mass is 753 g/mol. The van der Waals surface area contributed by atoms with Crippen LogP contribution in [0.2, 0.25) is 0 Å². The van der Waals surface area contributed by atoms with Gasteiger partial charge in [0.05, 0.1) is 37.4 Å². The molecule has 1 amide bonds. The van der Waals surface area contributed by atoms with Crippen LogP contribution in [0.5, 0.6) is 0 Å². The number of carbonyl (C=O) groups is 2. The van der Waals surface area contributed by atoms with Crippen LogP contribution >= 0.6 is 0 Å². The van der Waals surface area contributed by atoms with Gasteiger partial charge in [0.25, 0.3) is 5.56 Å². The topological polar surface area (TPSA) is 115 Å². The minimum absolute atomic E-state index is 0.0632. The molecule has 2 heterocycles. The van der Waals surface area contributed by atoms with Crippen molar-refractivity contribution in [2.75, 3.05) is 38.2 Å². The quantitative estimate of drug-likeness (QED) is 0.157. The van der Waals surface area contributed by atoms with E-state index in [2.05, 4.69) is 10.2 Å². The molecule has 5 rings (SSSR count). The molecule has 288 valence electrons. The minimum Gasteiger partial charge on any atom is -0.465 e. The number of piperazine rings is 1. The Bertz CT molecular complexity index is 2100. The molecule has 1 saturated heterocycles. The summed E-state index contributed by atoms with van der Waals surface area (Å²) in [6, 6.07) is 17.2. The summed E-state index contributed by atoms with van der Waals surface area (Å²) in [5.74, 6) is -1.62. The molecule has 0 radical (unpaired) electrons. The molecule has 1 atom stereocenters. The van der Waals surface area contributed by atoms with E-state index in [0.717, 1.165) is 32.9 Å². The third-order valence-corrected chi connectivity index (χ3v) is 9.10. The SMILES string of the molecule is COC(=O)c1cccc(CN2CCN(c3c(C)n(Cc4c(F)cccc4C(F)(F)F)c(=O)n(CC(NC(=O)OC(C)(C)C)c4ccccc4)c3=O)CC2)c1. The van der Waals surface area contributed by atoms with Crippen molar-refractivity contribution in [3.05, 3.63) is 133 Å². The summed E-state index contributed by atoms with van der Waals surface area (Å²) in [5, 5.41) is 2.73. The Labute approximate surface area is 309 Å². The fraction of sp³-hybridized carbons (Fsp3) is 0.385. The molecule has 1 aliphatic rings. The molecule has 11 nitrogen and oxygen atoms in total. The molecule has 0 bridgehead atoms. The lowest BCUT2D eigenvalue weighted by Crippen LogP contribution is -2.51. The molecule has 0 saturated carbocycles. The maximum Gasteiger partial charge on any atom is 0.416 e. The van der Waals surface area contributed by atoms with Crippen LogP contribution in [0.25, 0.3) is 0 Å². The number of aromatic nitrogens is 2. The van der Waals surface area contributed by atoms with E-state index in [9.17, 15) is 32.3 Å². The number of esters is 1. The van der Waals surface area contributed by atoms with Crippen molar-refractivity contribution in [1.82, 2.24) is 19.4 Å². The van der Waals surface area contributed by atoms with Crippen molar-refractivity contribution >= 4 is 17.7 Å². The van der Waals surface area contributed by atoms with Gasteiger partial charge in [-0.3, -0.25) is 18.8 Å². The fourth-order valence-corrected chi connectivity index (χ4v) is 6.50. The van der Waals surface area contributed by atoms with Gasteiger partial charge in [-0.1, -0.05) is 48.5 Å². The van der Waals surface area contributed by atoms with E-state index in [0.29, 0.717) is 43.9 Å². The number of halogens is 4. The highest BCUT2D eigenvalue weighted by Crippen LogP contribution is 2.34. The van der Waals surface area contributed by atoms with E-state index in [-0.39, 0.29) is 11.4 Å². The van der Waals surface area contributed by atoms with E-state index in [4.69, 9.17) is 9.47 Å².